The van der Waals surface area contributed by atoms with E-state index in [2.05, 4.69) is 48.5 Å². The third kappa shape index (κ3) is 4.16. The van der Waals surface area contributed by atoms with Crippen molar-refractivity contribution in [3.63, 3.8) is 0 Å². The van der Waals surface area contributed by atoms with E-state index in [0.717, 1.165) is 44.6 Å². The molecule has 0 amide bonds. The molecule has 0 saturated heterocycles. The van der Waals surface area contributed by atoms with Crippen LogP contribution in [0.4, 0.5) is 0 Å². The van der Waals surface area contributed by atoms with Gasteiger partial charge in [-0.3, -0.25) is 9.55 Å². The van der Waals surface area contributed by atoms with E-state index >= 15 is 0 Å². The number of nitrogens with zero attached hydrogens (tertiary/aromatic N) is 4. The first-order valence-corrected chi connectivity index (χ1v) is 12.6. The summed E-state index contributed by atoms with van der Waals surface area (Å²) in [4.78, 5) is 9.20. The zero-order valence-corrected chi connectivity index (χ0v) is 21.5. The predicted octanol–water partition coefficient (Wildman–Crippen LogP) is 8.20. The molecule has 0 aliphatic heterocycles. The molecular formula is C33H26N4O. The summed E-state index contributed by atoms with van der Waals surface area (Å²) in [5.74, 6) is 2.23. The Hall–Kier alpha value is -4.95. The number of ether oxygens (including phenoxy) is 1. The maximum absolute atomic E-state index is 9.89. The standard InChI is InChI=1S/C33H26N4O/c1-33(2,3)24-15-17-36-31(19-24)37-29-12-7-9-23(21-34)32(29)27-14-13-26(20-30(27)37)38-25-10-6-8-22(18-25)28-11-4-5-16-35-28/h4-20H,1-3H3. The maximum Gasteiger partial charge on any atom is 0.137 e. The number of rotatable bonds is 4. The van der Waals surface area contributed by atoms with Gasteiger partial charge in [0, 0.05) is 34.8 Å². The summed E-state index contributed by atoms with van der Waals surface area (Å²) in [6.45, 7) is 6.57. The fraction of sp³-hybridized carbons (Fsp3) is 0.121. The number of fused-ring (bicyclic) bond motifs is 3. The van der Waals surface area contributed by atoms with Crippen LogP contribution >= 0.6 is 0 Å². The van der Waals surface area contributed by atoms with E-state index in [1.807, 2.05) is 85.1 Å². The van der Waals surface area contributed by atoms with Crippen molar-refractivity contribution in [2.24, 2.45) is 0 Å². The highest BCUT2D eigenvalue weighted by Crippen LogP contribution is 2.37. The predicted molar refractivity (Wildman–Crippen MR) is 152 cm³/mol. The van der Waals surface area contributed by atoms with E-state index in [4.69, 9.17) is 9.72 Å². The Morgan fingerprint density at radius 2 is 1.61 bits per heavy atom. The minimum absolute atomic E-state index is 0.0266. The number of nitriles is 1. The van der Waals surface area contributed by atoms with Gasteiger partial charge >= 0.3 is 0 Å². The highest BCUT2D eigenvalue weighted by molar-refractivity contribution is 6.12. The second-order valence-corrected chi connectivity index (χ2v) is 10.3. The molecule has 6 rings (SSSR count). The molecule has 184 valence electrons. The number of hydrogen-bond donors (Lipinski definition) is 0. The van der Waals surface area contributed by atoms with E-state index in [0.29, 0.717) is 11.3 Å². The van der Waals surface area contributed by atoms with Crippen LogP contribution in [0, 0.1) is 11.3 Å². The Bertz CT molecular complexity index is 1840. The van der Waals surface area contributed by atoms with Crippen LogP contribution in [0.25, 0.3) is 38.9 Å². The van der Waals surface area contributed by atoms with Crippen LogP contribution in [-0.2, 0) is 5.41 Å². The second kappa shape index (κ2) is 9.17. The normalized spacial score (nSPS) is 11.5. The van der Waals surface area contributed by atoms with Crippen LogP contribution in [0.2, 0.25) is 0 Å². The van der Waals surface area contributed by atoms with E-state index in [1.54, 1.807) is 6.20 Å². The molecule has 0 aliphatic carbocycles. The number of benzene rings is 3. The maximum atomic E-state index is 9.89. The number of aromatic nitrogens is 3. The quantitative estimate of drug-likeness (QED) is 0.248. The van der Waals surface area contributed by atoms with Gasteiger partial charge in [-0.25, -0.2) is 4.98 Å². The van der Waals surface area contributed by atoms with Gasteiger partial charge in [0.1, 0.15) is 17.3 Å². The molecule has 0 unspecified atom stereocenters. The lowest BCUT2D eigenvalue weighted by molar-refractivity contribution is 0.483. The molecule has 3 aromatic heterocycles. The van der Waals surface area contributed by atoms with Crippen molar-refractivity contribution in [3.05, 3.63) is 115 Å². The van der Waals surface area contributed by atoms with Gasteiger partial charge in [0.2, 0.25) is 0 Å². The van der Waals surface area contributed by atoms with Crippen molar-refractivity contribution in [2.45, 2.75) is 26.2 Å². The lowest BCUT2D eigenvalue weighted by Gasteiger charge is -2.20. The fourth-order valence-electron chi connectivity index (χ4n) is 4.85. The van der Waals surface area contributed by atoms with Crippen molar-refractivity contribution in [2.75, 3.05) is 0 Å². The second-order valence-electron chi connectivity index (χ2n) is 10.3. The number of pyridine rings is 2. The molecule has 0 N–H and O–H groups in total. The summed E-state index contributed by atoms with van der Waals surface area (Å²) in [5, 5.41) is 11.8. The van der Waals surface area contributed by atoms with Crippen molar-refractivity contribution >= 4 is 21.8 Å². The SMILES string of the molecule is CC(C)(C)c1ccnc(-n2c3cc(Oc4cccc(-c5ccccn5)c4)ccc3c3c(C#N)cccc32)c1. The third-order valence-corrected chi connectivity index (χ3v) is 6.75. The molecule has 38 heavy (non-hydrogen) atoms. The van der Waals surface area contributed by atoms with Crippen LogP contribution in [-0.4, -0.2) is 14.5 Å². The van der Waals surface area contributed by atoms with Gasteiger partial charge in [0.15, 0.2) is 0 Å². The molecule has 3 aromatic carbocycles. The van der Waals surface area contributed by atoms with E-state index in [-0.39, 0.29) is 5.41 Å². The Morgan fingerprint density at radius 1 is 0.763 bits per heavy atom. The first-order chi connectivity index (χ1) is 18.4. The van der Waals surface area contributed by atoms with Crippen molar-refractivity contribution in [1.29, 1.82) is 5.26 Å². The minimum Gasteiger partial charge on any atom is -0.457 e. The number of hydrogen-bond acceptors (Lipinski definition) is 4. The molecule has 5 nitrogen and oxygen atoms in total. The van der Waals surface area contributed by atoms with Crippen molar-refractivity contribution in [3.8, 4) is 34.6 Å². The van der Waals surface area contributed by atoms with Gasteiger partial charge in [0.05, 0.1) is 28.4 Å². The summed E-state index contributed by atoms with van der Waals surface area (Å²) in [5.41, 5.74) is 5.54. The Balaban J connectivity index is 1.52. The largest absolute Gasteiger partial charge is 0.457 e. The minimum atomic E-state index is -0.0266. The molecule has 6 aromatic rings. The Morgan fingerprint density at radius 3 is 2.39 bits per heavy atom. The average molecular weight is 495 g/mol. The summed E-state index contributed by atoms with van der Waals surface area (Å²) in [6, 6.07) is 32.2. The molecule has 0 saturated carbocycles. The van der Waals surface area contributed by atoms with Crippen molar-refractivity contribution in [1.82, 2.24) is 14.5 Å². The van der Waals surface area contributed by atoms with Crippen LogP contribution in [0.1, 0.15) is 31.9 Å². The van der Waals surface area contributed by atoms with Gasteiger partial charge in [-0.1, -0.05) is 45.0 Å². The van der Waals surface area contributed by atoms with Gasteiger partial charge in [-0.05, 0) is 71.6 Å². The summed E-state index contributed by atoms with van der Waals surface area (Å²) < 4.78 is 8.47. The monoisotopic (exact) mass is 494 g/mol. The third-order valence-electron chi connectivity index (χ3n) is 6.75. The molecule has 0 atom stereocenters. The summed E-state index contributed by atoms with van der Waals surface area (Å²) >= 11 is 0. The van der Waals surface area contributed by atoms with Crippen LogP contribution in [0.5, 0.6) is 11.5 Å². The molecule has 3 heterocycles. The average Bonchev–Trinajstić information content (AvgIpc) is 3.27. The van der Waals surface area contributed by atoms with Gasteiger partial charge in [-0.15, -0.1) is 0 Å². The van der Waals surface area contributed by atoms with Crippen LogP contribution < -0.4 is 4.74 Å². The Kier molecular flexibility index (Phi) is 5.66. The molecule has 0 spiro atoms. The van der Waals surface area contributed by atoms with Crippen LogP contribution in [0.3, 0.4) is 0 Å². The van der Waals surface area contributed by atoms with Crippen molar-refractivity contribution < 1.29 is 4.74 Å². The zero-order chi connectivity index (χ0) is 26.3. The molecule has 0 bridgehead atoms. The lowest BCUT2D eigenvalue weighted by Crippen LogP contribution is -2.12. The van der Waals surface area contributed by atoms with Gasteiger partial charge < -0.3 is 4.74 Å². The van der Waals surface area contributed by atoms with E-state index in [9.17, 15) is 5.26 Å². The molecule has 0 radical (unpaired) electrons. The summed E-state index contributed by atoms with van der Waals surface area (Å²) in [7, 11) is 0. The fourth-order valence-corrected chi connectivity index (χ4v) is 4.85. The van der Waals surface area contributed by atoms with Crippen LogP contribution in [0.15, 0.2) is 103 Å². The molecule has 5 heteroatoms. The first kappa shape index (κ1) is 23.4. The molecular weight excluding hydrogens is 468 g/mol. The van der Waals surface area contributed by atoms with Gasteiger partial charge in [-0.2, -0.15) is 5.26 Å². The smallest absolute Gasteiger partial charge is 0.137 e. The van der Waals surface area contributed by atoms with E-state index in [1.165, 1.54) is 5.56 Å². The Labute approximate surface area is 221 Å². The first-order valence-electron chi connectivity index (χ1n) is 12.6. The summed E-state index contributed by atoms with van der Waals surface area (Å²) in [6.07, 6.45) is 3.64. The van der Waals surface area contributed by atoms with Gasteiger partial charge in [0.25, 0.3) is 0 Å². The lowest BCUT2D eigenvalue weighted by atomic mass is 9.88. The van der Waals surface area contributed by atoms with E-state index < -0.39 is 0 Å². The molecule has 0 fully saturated rings. The topological polar surface area (TPSA) is 63.7 Å². The molecule has 0 aliphatic rings. The highest BCUT2D eigenvalue weighted by atomic mass is 16.5. The zero-order valence-electron chi connectivity index (χ0n) is 21.5. The highest BCUT2D eigenvalue weighted by Gasteiger charge is 2.19.